The summed E-state index contributed by atoms with van der Waals surface area (Å²) in [4.78, 5) is 22.8. The van der Waals surface area contributed by atoms with Gasteiger partial charge in [0.15, 0.2) is 0 Å². The molecule has 2 saturated carbocycles. The Bertz CT molecular complexity index is 685. The summed E-state index contributed by atoms with van der Waals surface area (Å²) in [5.41, 5.74) is -1.90. The fourth-order valence-electron chi connectivity index (χ4n) is 6.42. The number of esters is 2. The average Bonchev–Trinajstić information content (AvgIpc) is 2.70. The topological polar surface area (TPSA) is 134 Å². The molecule has 0 amide bonds. The molecule has 4 rings (SSSR count). The summed E-state index contributed by atoms with van der Waals surface area (Å²) in [5.74, 6) is -0.509. The van der Waals surface area contributed by atoms with Crippen LogP contribution in [0.1, 0.15) is 91.9 Å². The molecule has 4 aliphatic rings. The maximum absolute atomic E-state index is 11.4. The van der Waals surface area contributed by atoms with Crippen molar-refractivity contribution in [1.29, 1.82) is 0 Å². The van der Waals surface area contributed by atoms with Crippen molar-refractivity contribution in [2.75, 3.05) is 5.34 Å². The summed E-state index contributed by atoms with van der Waals surface area (Å²) < 4.78 is 10.8. The fourth-order valence-corrected chi connectivity index (χ4v) is 6.42. The van der Waals surface area contributed by atoms with Crippen LogP contribution in [0.25, 0.3) is 0 Å². The molecule has 2 saturated heterocycles. The SMILES string of the molecule is CC1(C)C[C@@H](O)[C@@H](O)[C@@]2(CCCC(=O)O2)C1.CC1(C)C[C@@H](O)[C@@H](O)[C@@]2(CCCC(=O)O2)C1.ClCCl. The van der Waals surface area contributed by atoms with Crippen molar-refractivity contribution in [2.24, 2.45) is 10.8 Å². The third-order valence-electron chi connectivity index (χ3n) is 7.48. The van der Waals surface area contributed by atoms with Crippen molar-refractivity contribution in [2.45, 2.75) is 128 Å². The zero-order valence-electron chi connectivity index (χ0n) is 21.3. The number of hydrogen-bond acceptors (Lipinski definition) is 8. The number of halogens is 2. The molecule has 0 aromatic rings. The molecule has 8 nitrogen and oxygen atoms in total. The maximum atomic E-state index is 11.4. The molecule has 0 aromatic heterocycles. The van der Waals surface area contributed by atoms with Crippen LogP contribution in [0, 0.1) is 10.8 Å². The minimum atomic E-state index is -0.940. The number of rotatable bonds is 0. The fraction of sp³-hybridized carbons (Fsp3) is 0.920. The largest absolute Gasteiger partial charge is 0.456 e. The lowest BCUT2D eigenvalue weighted by molar-refractivity contribution is -0.220. The number of alkyl halides is 2. The van der Waals surface area contributed by atoms with E-state index in [1.807, 2.05) is 27.7 Å². The molecule has 4 N–H and O–H groups in total. The molecular weight excluding hydrogens is 499 g/mol. The highest BCUT2D eigenvalue weighted by Crippen LogP contribution is 2.48. The van der Waals surface area contributed by atoms with Crippen LogP contribution < -0.4 is 0 Å². The van der Waals surface area contributed by atoms with Crippen LogP contribution in [0.4, 0.5) is 0 Å². The summed E-state index contributed by atoms with van der Waals surface area (Å²) in [6.07, 6.45) is 2.50. The van der Waals surface area contributed by atoms with E-state index in [0.29, 0.717) is 51.4 Å². The lowest BCUT2D eigenvalue weighted by Crippen LogP contribution is -2.60. The second kappa shape index (κ2) is 11.8. The van der Waals surface area contributed by atoms with E-state index < -0.39 is 35.6 Å². The Morgan fingerprint density at radius 2 is 1.06 bits per heavy atom. The molecule has 2 spiro atoms. The van der Waals surface area contributed by atoms with Gasteiger partial charge in [-0.15, -0.1) is 23.2 Å². The van der Waals surface area contributed by atoms with Gasteiger partial charge in [-0.1, -0.05) is 27.7 Å². The van der Waals surface area contributed by atoms with Crippen LogP contribution in [0.15, 0.2) is 0 Å². The molecule has 2 aliphatic carbocycles. The normalized spacial score (nSPS) is 39.9. The standard InChI is InChI=1S/2C12H20O4.CH2Cl2/c2*1-11(2)6-8(13)10(15)12(7-11)5-3-4-9(14)16-12;2-1-3/h2*8,10,13,15H,3-7H2,1-2H3;1H2/t2*8-,10-,12-;/m11./s1. The lowest BCUT2D eigenvalue weighted by Gasteiger charge is -2.50. The third-order valence-corrected chi connectivity index (χ3v) is 7.48. The molecule has 10 heteroatoms. The van der Waals surface area contributed by atoms with Gasteiger partial charge in [-0.2, -0.15) is 0 Å². The maximum Gasteiger partial charge on any atom is 0.306 e. The summed E-state index contributed by atoms with van der Waals surface area (Å²) in [6.45, 7) is 8.14. The second-order valence-electron chi connectivity index (χ2n) is 12.0. The number of carbonyl (C=O) groups excluding carboxylic acids is 2. The van der Waals surface area contributed by atoms with E-state index in [-0.39, 0.29) is 28.1 Å². The van der Waals surface area contributed by atoms with E-state index in [0.717, 1.165) is 12.8 Å². The monoisotopic (exact) mass is 540 g/mol. The minimum absolute atomic E-state index is 0.101. The summed E-state index contributed by atoms with van der Waals surface area (Å²) in [6, 6.07) is 0. The first kappa shape index (κ1) is 30.6. The summed E-state index contributed by atoms with van der Waals surface area (Å²) >= 11 is 9.53. The Hall–Kier alpha value is -0.640. The predicted octanol–water partition coefficient (Wildman–Crippen LogP) is 3.41. The molecule has 4 fully saturated rings. The van der Waals surface area contributed by atoms with Crippen LogP contribution >= 0.6 is 23.2 Å². The van der Waals surface area contributed by atoms with E-state index in [4.69, 9.17) is 32.7 Å². The van der Waals surface area contributed by atoms with Crippen LogP contribution in [0.5, 0.6) is 0 Å². The molecular formula is C25H42Cl2O8. The first-order valence-electron chi connectivity index (χ1n) is 12.4. The van der Waals surface area contributed by atoms with E-state index in [1.165, 1.54) is 0 Å². The molecule has 0 unspecified atom stereocenters. The van der Waals surface area contributed by atoms with Crippen molar-refractivity contribution in [3.8, 4) is 0 Å². The molecule has 0 bridgehead atoms. The number of aliphatic hydroxyl groups excluding tert-OH is 4. The van der Waals surface area contributed by atoms with Crippen molar-refractivity contribution in [1.82, 2.24) is 0 Å². The quantitative estimate of drug-likeness (QED) is 0.271. The van der Waals surface area contributed by atoms with Gasteiger partial charge in [-0.25, -0.2) is 0 Å². The number of ether oxygens (including phenoxy) is 2. The van der Waals surface area contributed by atoms with Crippen LogP contribution in [-0.2, 0) is 19.1 Å². The summed E-state index contributed by atoms with van der Waals surface area (Å²) in [7, 11) is 0. The van der Waals surface area contributed by atoms with Gasteiger partial charge in [0.25, 0.3) is 0 Å². The smallest absolute Gasteiger partial charge is 0.306 e. The molecule has 2 heterocycles. The van der Waals surface area contributed by atoms with E-state index in [2.05, 4.69) is 0 Å². The van der Waals surface area contributed by atoms with Crippen molar-refractivity contribution in [3.63, 3.8) is 0 Å². The van der Waals surface area contributed by atoms with Gasteiger partial charge in [0, 0.05) is 12.8 Å². The van der Waals surface area contributed by atoms with Gasteiger partial charge in [0.1, 0.15) is 23.4 Å². The van der Waals surface area contributed by atoms with E-state index >= 15 is 0 Å². The number of aliphatic hydroxyl groups is 4. The third kappa shape index (κ3) is 7.68. The van der Waals surface area contributed by atoms with Gasteiger partial charge in [-0.3, -0.25) is 9.59 Å². The van der Waals surface area contributed by atoms with Gasteiger partial charge in [0.2, 0.25) is 0 Å². The number of hydrogen-bond donors (Lipinski definition) is 4. The number of carbonyl (C=O) groups is 2. The highest BCUT2D eigenvalue weighted by atomic mass is 35.5. The van der Waals surface area contributed by atoms with Gasteiger partial charge in [0.05, 0.1) is 17.5 Å². The van der Waals surface area contributed by atoms with Crippen LogP contribution in [0.2, 0.25) is 0 Å². The molecule has 204 valence electrons. The zero-order chi connectivity index (χ0) is 26.7. The predicted molar refractivity (Wildman–Crippen MR) is 132 cm³/mol. The second-order valence-corrected chi connectivity index (χ2v) is 12.8. The molecule has 0 aromatic carbocycles. The van der Waals surface area contributed by atoms with Gasteiger partial charge >= 0.3 is 11.9 Å². The molecule has 2 aliphatic heterocycles. The lowest BCUT2D eigenvalue weighted by atomic mass is 9.65. The van der Waals surface area contributed by atoms with E-state index in [1.54, 1.807) is 0 Å². The Morgan fingerprint density at radius 1 is 0.743 bits per heavy atom. The highest BCUT2D eigenvalue weighted by molar-refractivity contribution is 6.40. The Balaban J connectivity index is 0.000000222. The zero-order valence-corrected chi connectivity index (χ0v) is 22.8. The Labute approximate surface area is 218 Å². The van der Waals surface area contributed by atoms with Crippen molar-refractivity contribution in [3.05, 3.63) is 0 Å². The molecule has 35 heavy (non-hydrogen) atoms. The first-order valence-corrected chi connectivity index (χ1v) is 13.5. The Morgan fingerprint density at radius 3 is 1.34 bits per heavy atom. The minimum Gasteiger partial charge on any atom is -0.456 e. The van der Waals surface area contributed by atoms with Crippen molar-refractivity contribution < 1.29 is 39.5 Å². The Kier molecular flexibility index (Phi) is 10.3. The molecule has 6 atom stereocenters. The summed E-state index contributed by atoms with van der Waals surface area (Å²) in [5, 5.41) is 40.1. The first-order chi connectivity index (χ1) is 16.1. The average molecular weight is 542 g/mol. The molecule has 0 radical (unpaired) electrons. The van der Waals surface area contributed by atoms with Crippen LogP contribution in [0.3, 0.4) is 0 Å². The highest BCUT2D eigenvalue weighted by Gasteiger charge is 2.55. The van der Waals surface area contributed by atoms with Gasteiger partial charge in [-0.05, 0) is 62.2 Å². The van der Waals surface area contributed by atoms with Crippen molar-refractivity contribution >= 4 is 35.1 Å². The van der Waals surface area contributed by atoms with E-state index in [9.17, 15) is 30.0 Å². The van der Waals surface area contributed by atoms with Gasteiger partial charge < -0.3 is 29.9 Å². The van der Waals surface area contributed by atoms with Crippen LogP contribution in [-0.4, -0.2) is 73.3 Å².